The summed E-state index contributed by atoms with van der Waals surface area (Å²) < 4.78 is 27.4. The first-order valence-corrected chi connectivity index (χ1v) is 8.87. The zero-order valence-corrected chi connectivity index (χ0v) is 13.9. The summed E-state index contributed by atoms with van der Waals surface area (Å²) >= 11 is 1.50. The third-order valence-corrected chi connectivity index (χ3v) is 5.71. The van der Waals surface area contributed by atoms with Gasteiger partial charge in [-0.25, -0.2) is 13.1 Å². The van der Waals surface area contributed by atoms with Gasteiger partial charge < -0.3 is 5.32 Å². The molecule has 0 aliphatic heterocycles. The molecule has 0 radical (unpaired) electrons. The molecule has 2 aromatic rings. The fraction of sp³-hybridized carbons (Fsp3) is 0.357. The molecule has 0 spiro atoms. The molecule has 21 heavy (non-hydrogen) atoms. The zero-order chi connectivity index (χ0) is 15.5. The predicted molar refractivity (Wildman–Crippen MR) is 84.8 cm³/mol. The van der Waals surface area contributed by atoms with E-state index in [0.717, 1.165) is 21.0 Å². The van der Waals surface area contributed by atoms with Crippen LogP contribution in [0, 0.1) is 13.8 Å². The number of aryl methyl sites for hydroxylation is 2. The Labute approximate surface area is 129 Å². The van der Waals surface area contributed by atoms with Crippen molar-refractivity contribution in [3.8, 4) is 0 Å². The molecule has 0 aliphatic carbocycles. The van der Waals surface area contributed by atoms with Crippen molar-refractivity contribution in [1.29, 1.82) is 0 Å². The van der Waals surface area contributed by atoms with Crippen LogP contribution >= 0.6 is 11.3 Å². The summed E-state index contributed by atoms with van der Waals surface area (Å²) in [5.74, 6) is 0. The van der Waals surface area contributed by atoms with E-state index in [9.17, 15) is 8.42 Å². The van der Waals surface area contributed by atoms with Crippen LogP contribution in [0.25, 0.3) is 0 Å². The lowest BCUT2D eigenvalue weighted by molar-refractivity contribution is 0.581. The number of rotatable bonds is 6. The Kier molecular flexibility index (Phi) is 5.10. The summed E-state index contributed by atoms with van der Waals surface area (Å²) in [5.41, 5.74) is 1.75. The smallest absolute Gasteiger partial charge is 0.241 e. The summed E-state index contributed by atoms with van der Waals surface area (Å²) in [6.45, 7) is 4.63. The van der Waals surface area contributed by atoms with Crippen LogP contribution in [0.2, 0.25) is 0 Å². The number of nitrogens with one attached hydrogen (secondary N) is 2. The normalized spacial score (nSPS) is 11.8. The summed E-state index contributed by atoms with van der Waals surface area (Å²) in [5, 5.41) is 3.03. The van der Waals surface area contributed by atoms with Gasteiger partial charge in [0.2, 0.25) is 10.0 Å². The molecule has 0 saturated carbocycles. The van der Waals surface area contributed by atoms with E-state index in [0.29, 0.717) is 11.4 Å². The van der Waals surface area contributed by atoms with Crippen LogP contribution in [0.3, 0.4) is 0 Å². The predicted octanol–water partition coefficient (Wildman–Crippen LogP) is 1.96. The quantitative estimate of drug-likeness (QED) is 0.852. The molecule has 114 valence electrons. The number of hydrogen-bond donors (Lipinski definition) is 2. The Morgan fingerprint density at radius 2 is 2.00 bits per heavy atom. The van der Waals surface area contributed by atoms with E-state index in [-0.39, 0.29) is 6.54 Å². The Morgan fingerprint density at radius 1 is 1.24 bits per heavy atom. The lowest BCUT2D eigenvalue weighted by Gasteiger charge is -2.06. The maximum absolute atomic E-state index is 12.4. The number of aromatic nitrogens is 1. The molecule has 0 amide bonds. The van der Waals surface area contributed by atoms with Gasteiger partial charge in [0.15, 0.2) is 0 Å². The fourth-order valence-electron chi connectivity index (χ4n) is 1.91. The molecule has 7 heteroatoms. The van der Waals surface area contributed by atoms with Gasteiger partial charge in [0.25, 0.3) is 0 Å². The average molecular weight is 325 g/mol. The summed E-state index contributed by atoms with van der Waals surface area (Å²) in [4.78, 5) is 6.32. The minimum Gasteiger partial charge on any atom is -0.315 e. The molecule has 0 saturated heterocycles. The van der Waals surface area contributed by atoms with Crippen LogP contribution in [0.5, 0.6) is 0 Å². The van der Waals surface area contributed by atoms with Gasteiger partial charge in [-0.1, -0.05) is 6.07 Å². The second-order valence-corrected chi connectivity index (χ2v) is 7.87. The van der Waals surface area contributed by atoms with Crippen LogP contribution in [0.15, 0.2) is 29.3 Å². The van der Waals surface area contributed by atoms with Crippen molar-refractivity contribution in [3.63, 3.8) is 0 Å². The number of hydrogen-bond acceptors (Lipinski definition) is 5. The van der Waals surface area contributed by atoms with Gasteiger partial charge in [0.05, 0.1) is 4.90 Å². The molecular formula is C14H19N3O2S2. The van der Waals surface area contributed by atoms with Crippen LogP contribution in [-0.2, 0) is 23.1 Å². The van der Waals surface area contributed by atoms with Crippen molar-refractivity contribution < 1.29 is 8.42 Å². The molecule has 0 bridgehead atoms. The Bertz CT molecular complexity index is 706. The number of pyridine rings is 1. The molecule has 0 unspecified atom stereocenters. The van der Waals surface area contributed by atoms with Crippen LogP contribution < -0.4 is 10.0 Å². The zero-order valence-electron chi connectivity index (χ0n) is 12.3. The molecule has 0 fully saturated rings. The Morgan fingerprint density at radius 3 is 2.62 bits per heavy atom. The van der Waals surface area contributed by atoms with E-state index >= 15 is 0 Å². The van der Waals surface area contributed by atoms with Gasteiger partial charge in [0.1, 0.15) is 0 Å². The van der Waals surface area contributed by atoms with Gasteiger partial charge >= 0.3 is 0 Å². The highest BCUT2D eigenvalue weighted by Crippen LogP contribution is 2.25. The maximum Gasteiger partial charge on any atom is 0.241 e. The molecule has 2 N–H and O–H groups in total. The van der Waals surface area contributed by atoms with Crippen LogP contribution in [0.1, 0.15) is 21.0 Å². The Hall–Kier alpha value is -1.28. The van der Waals surface area contributed by atoms with E-state index < -0.39 is 10.0 Å². The second-order valence-electron chi connectivity index (χ2n) is 4.80. The van der Waals surface area contributed by atoms with Crippen molar-refractivity contribution >= 4 is 21.4 Å². The topological polar surface area (TPSA) is 71.1 Å². The van der Waals surface area contributed by atoms with Gasteiger partial charge in [-0.2, -0.15) is 0 Å². The molecule has 5 nitrogen and oxygen atoms in total. The van der Waals surface area contributed by atoms with Crippen LogP contribution in [0.4, 0.5) is 0 Å². The summed E-state index contributed by atoms with van der Waals surface area (Å²) in [7, 11) is -1.65. The monoisotopic (exact) mass is 325 g/mol. The van der Waals surface area contributed by atoms with Crippen molar-refractivity contribution in [2.24, 2.45) is 0 Å². The first kappa shape index (κ1) is 16.1. The summed E-state index contributed by atoms with van der Waals surface area (Å²) in [6.07, 6.45) is 1.69. The highest BCUT2D eigenvalue weighted by atomic mass is 32.2. The molecule has 2 heterocycles. The third-order valence-electron chi connectivity index (χ3n) is 3.00. The van der Waals surface area contributed by atoms with Crippen LogP contribution in [-0.4, -0.2) is 20.4 Å². The minimum absolute atomic E-state index is 0.242. The number of nitrogens with zero attached hydrogens (tertiary/aromatic N) is 1. The van der Waals surface area contributed by atoms with Gasteiger partial charge in [-0.05, 0) is 38.6 Å². The SMILES string of the molecule is CNCc1cc(S(=O)(=O)NCc2ccc(C)nc2)c(C)s1. The molecule has 0 aromatic carbocycles. The first-order chi connectivity index (χ1) is 9.92. The van der Waals surface area contributed by atoms with E-state index in [1.807, 2.05) is 33.0 Å². The van der Waals surface area contributed by atoms with E-state index in [1.165, 1.54) is 11.3 Å². The Balaban J connectivity index is 2.12. The third kappa shape index (κ3) is 4.10. The molecule has 0 atom stereocenters. The standard InChI is InChI=1S/C14H19N3O2S2/c1-10-4-5-12(7-16-10)8-17-21(18,19)14-6-13(9-15-3)20-11(14)2/h4-7,15,17H,8-9H2,1-3H3. The molecule has 0 aliphatic rings. The van der Waals surface area contributed by atoms with Gasteiger partial charge in [0, 0.05) is 34.7 Å². The molecule has 2 rings (SSSR count). The molecular weight excluding hydrogens is 306 g/mol. The second kappa shape index (κ2) is 6.65. The van der Waals surface area contributed by atoms with E-state index in [1.54, 1.807) is 12.3 Å². The van der Waals surface area contributed by atoms with Gasteiger partial charge in [-0.3, -0.25) is 4.98 Å². The summed E-state index contributed by atoms with van der Waals surface area (Å²) in [6, 6.07) is 5.47. The lowest BCUT2D eigenvalue weighted by atomic mass is 10.2. The fourth-order valence-corrected chi connectivity index (χ4v) is 4.57. The highest BCUT2D eigenvalue weighted by Gasteiger charge is 2.19. The highest BCUT2D eigenvalue weighted by molar-refractivity contribution is 7.89. The minimum atomic E-state index is -3.49. The van der Waals surface area contributed by atoms with Gasteiger partial charge in [-0.15, -0.1) is 11.3 Å². The largest absolute Gasteiger partial charge is 0.315 e. The first-order valence-electron chi connectivity index (χ1n) is 6.57. The molecule has 2 aromatic heterocycles. The average Bonchev–Trinajstić information content (AvgIpc) is 2.80. The number of sulfonamides is 1. The maximum atomic E-state index is 12.4. The van der Waals surface area contributed by atoms with Crippen molar-refractivity contribution in [3.05, 3.63) is 45.4 Å². The van der Waals surface area contributed by atoms with Crippen molar-refractivity contribution in [1.82, 2.24) is 15.0 Å². The van der Waals surface area contributed by atoms with E-state index in [2.05, 4.69) is 15.0 Å². The lowest BCUT2D eigenvalue weighted by Crippen LogP contribution is -2.23. The van der Waals surface area contributed by atoms with Crippen molar-refractivity contribution in [2.75, 3.05) is 7.05 Å². The van der Waals surface area contributed by atoms with Crippen molar-refractivity contribution in [2.45, 2.75) is 31.8 Å². The number of thiophene rings is 1. The van der Waals surface area contributed by atoms with E-state index in [4.69, 9.17) is 0 Å².